The maximum absolute atomic E-state index is 11.7. The number of carbonyl (C=O) groups excluding carboxylic acids is 1. The van der Waals surface area contributed by atoms with Gasteiger partial charge in [0.15, 0.2) is 8.32 Å². The molecule has 6 aromatic carbocycles. The van der Waals surface area contributed by atoms with E-state index in [1.54, 1.807) is 0 Å². The highest BCUT2D eigenvalue weighted by molar-refractivity contribution is 6.74. The first-order chi connectivity index (χ1) is 33.2. The minimum Gasteiger partial charge on any atom is -0.493 e. The van der Waals surface area contributed by atoms with E-state index in [2.05, 4.69) is 180 Å². The molecule has 0 radical (unpaired) electrons. The second-order valence-corrected chi connectivity index (χ2v) is 24.9. The van der Waals surface area contributed by atoms with Crippen molar-refractivity contribution in [1.29, 1.82) is 0 Å². The normalized spacial score (nSPS) is 12.8. The van der Waals surface area contributed by atoms with Gasteiger partial charge in [-0.2, -0.15) is 0 Å². The molecule has 8 nitrogen and oxygen atoms in total. The predicted octanol–water partition coefficient (Wildman–Crippen LogP) is 13.6. The Morgan fingerprint density at radius 2 is 1.20 bits per heavy atom. The molecule has 0 bridgehead atoms. The summed E-state index contributed by atoms with van der Waals surface area (Å²) in [5, 5.41) is 6.57. The Hall–Kier alpha value is -5.71. The number of nitrogens with one attached hydrogen (secondary N) is 2. The number of hydrogen-bond acceptors (Lipinski definition) is 7. The van der Waals surface area contributed by atoms with Crippen LogP contribution in [0.15, 0.2) is 152 Å². The van der Waals surface area contributed by atoms with Gasteiger partial charge in [0.2, 0.25) is 6.41 Å². The molecule has 0 aromatic heterocycles. The summed E-state index contributed by atoms with van der Waals surface area (Å²) in [5.74, 6) is 2.58. The molecule has 0 heterocycles. The standard InChI is InChI=1S/C60H77N3O5Si/c1-45(2)63(46(3)4)37-34-54(51-23-17-12-18-24-51)55-39-48(27-31-57(55)66-42-49-19-13-10-14-20-49)35-38-65-53-29-25-47(26-30-53)33-36-61-41-59(68-69(8,9)60(5,6)7)52-28-32-58(56(40-52)62-44-64)67-43-50-21-15-11-16-22-50/h10-32,39-40,44-46,54,59,61H,33-38,41-43H2,1-9H3,(H,62,64). The molecule has 0 fully saturated rings. The van der Waals surface area contributed by atoms with E-state index < -0.39 is 8.32 Å². The van der Waals surface area contributed by atoms with Crippen molar-refractivity contribution in [1.82, 2.24) is 10.2 Å². The lowest BCUT2D eigenvalue weighted by Crippen LogP contribution is -2.43. The van der Waals surface area contributed by atoms with Crippen LogP contribution in [0.1, 0.15) is 106 Å². The van der Waals surface area contributed by atoms with Crippen molar-refractivity contribution in [3.63, 3.8) is 0 Å². The van der Waals surface area contributed by atoms with E-state index in [0.717, 1.165) is 60.5 Å². The Bertz CT molecular complexity index is 2430. The highest BCUT2D eigenvalue weighted by Crippen LogP contribution is 2.41. The van der Waals surface area contributed by atoms with Gasteiger partial charge in [-0.3, -0.25) is 9.69 Å². The Labute approximate surface area is 414 Å². The Balaban J connectivity index is 1.08. The van der Waals surface area contributed by atoms with Crippen molar-refractivity contribution in [2.45, 2.75) is 123 Å². The van der Waals surface area contributed by atoms with Gasteiger partial charge in [-0.15, -0.1) is 0 Å². The van der Waals surface area contributed by atoms with Gasteiger partial charge < -0.3 is 29.3 Å². The number of ether oxygens (including phenoxy) is 3. The van der Waals surface area contributed by atoms with E-state index in [1.807, 2.05) is 48.5 Å². The summed E-state index contributed by atoms with van der Waals surface area (Å²) in [6.45, 7) is 24.4. The quantitative estimate of drug-likeness (QED) is 0.0302. The number of rotatable bonds is 27. The van der Waals surface area contributed by atoms with Crippen LogP contribution in [-0.2, 0) is 35.3 Å². The third-order valence-electron chi connectivity index (χ3n) is 13.5. The molecule has 6 rings (SSSR count). The van der Waals surface area contributed by atoms with Gasteiger partial charge in [-0.05, 0) is 135 Å². The maximum Gasteiger partial charge on any atom is 0.211 e. The number of hydrogen-bond donors (Lipinski definition) is 2. The summed E-state index contributed by atoms with van der Waals surface area (Å²) in [4.78, 5) is 14.3. The minimum atomic E-state index is -2.16. The summed E-state index contributed by atoms with van der Waals surface area (Å²) in [6.07, 6.45) is 3.10. The minimum absolute atomic E-state index is 0.0251. The first-order valence-corrected chi connectivity index (χ1v) is 27.8. The second kappa shape index (κ2) is 25.8. The smallest absolute Gasteiger partial charge is 0.211 e. The lowest BCUT2D eigenvalue weighted by molar-refractivity contribution is -0.105. The number of amides is 1. The molecule has 0 aliphatic carbocycles. The molecule has 2 N–H and O–H groups in total. The van der Waals surface area contributed by atoms with Crippen LogP contribution in [0, 0.1) is 0 Å². The monoisotopic (exact) mass is 948 g/mol. The third-order valence-corrected chi connectivity index (χ3v) is 18.0. The van der Waals surface area contributed by atoms with Gasteiger partial charge in [0, 0.05) is 36.5 Å². The molecule has 0 aliphatic heterocycles. The second-order valence-electron chi connectivity index (χ2n) is 20.2. The van der Waals surface area contributed by atoms with Crippen molar-refractivity contribution in [3.05, 3.63) is 191 Å². The topological polar surface area (TPSA) is 81.3 Å². The zero-order chi connectivity index (χ0) is 49.2. The van der Waals surface area contributed by atoms with E-state index in [-0.39, 0.29) is 17.1 Å². The lowest BCUT2D eigenvalue weighted by Gasteiger charge is -2.39. The van der Waals surface area contributed by atoms with Crippen LogP contribution in [0.2, 0.25) is 18.1 Å². The van der Waals surface area contributed by atoms with Crippen LogP contribution in [0.25, 0.3) is 0 Å². The average molecular weight is 948 g/mol. The van der Waals surface area contributed by atoms with Crippen LogP contribution in [-0.4, -0.2) is 58.0 Å². The highest BCUT2D eigenvalue weighted by Gasteiger charge is 2.39. The van der Waals surface area contributed by atoms with Crippen molar-refractivity contribution in [2.75, 3.05) is 31.6 Å². The van der Waals surface area contributed by atoms with Gasteiger partial charge in [0.25, 0.3) is 0 Å². The van der Waals surface area contributed by atoms with Crippen LogP contribution in [0.3, 0.4) is 0 Å². The number of carbonyl (C=O) groups is 1. The fraction of sp³-hybridized carbons (Fsp3) is 0.383. The number of benzene rings is 6. The van der Waals surface area contributed by atoms with Gasteiger partial charge in [0.05, 0.1) is 18.4 Å². The van der Waals surface area contributed by atoms with E-state index in [0.29, 0.717) is 56.3 Å². The van der Waals surface area contributed by atoms with Crippen molar-refractivity contribution >= 4 is 20.4 Å². The van der Waals surface area contributed by atoms with Crippen LogP contribution >= 0.6 is 0 Å². The zero-order valence-electron chi connectivity index (χ0n) is 42.7. The summed E-state index contributed by atoms with van der Waals surface area (Å²) >= 11 is 0. The molecule has 9 heteroatoms. The molecule has 2 unspecified atom stereocenters. The fourth-order valence-corrected chi connectivity index (χ4v) is 9.80. The first kappa shape index (κ1) is 52.7. The zero-order valence-corrected chi connectivity index (χ0v) is 43.7. The SMILES string of the molecule is CC(C)N(CCC(c1ccccc1)c1cc(CCOc2ccc(CCNCC(O[Si](C)(C)C(C)(C)C)c3ccc(OCc4ccccc4)c(NC=O)c3)cc2)ccc1OCc1ccccc1)C(C)C. The lowest BCUT2D eigenvalue weighted by atomic mass is 9.86. The average Bonchev–Trinajstić information content (AvgIpc) is 3.34. The summed E-state index contributed by atoms with van der Waals surface area (Å²) in [7, 11) is -2.16. The molecule has 1 amide bonds. The van der Waals surface area contributed by atoms with E-state index >= 15 is 0 Å². The molecule has 0 saturated heterocycles. The molecule has 2 atom stereocenters. The fourth-order valence-electron chi connectivity index (χ4n) is 8.52. The summed E-state index contributed by atoms with van der Waals surface area (Å²) in [5.41, 5.74) is 8.80. The van der Waals surface area contributed by atoms with E-state index in [1.165, 1.54) is 22.3 Å². The van der Waals surface area contributed by atoms with Gasteiger partial charge in [0.1, 0.15) is 30.5 Å². The Morgan fingerprint density at radius 1 is 0.623 bits per heavy atom. The van der Waals surface area contributed by atoms with Crippen LogP contribution in [0.4, 0.5) is 5.69 Å². The van der Waals surface area contributed by atoms with Crippen molar-refractivity contribution < 1.29 is 23.4 Å². The van der Waals surface area contributed by atoms with Gasteiger partial charge in [-0.25, -0.2) is 0 Å². The Morgan fingerprint density at radius 3 is 1.80 bits per heavy atom. The summed E-state index contributed by atoms with van der Waals surface area (Å²) < 4.78 is 26.2. The third kappa shape index (κ3) is 15.9. The Kier molecular flexibility index (Phi) is 19.7. The molecule has 69 heavy (non-hydrogen) atoms. The first-order valence-electron chi connectivity index (χ1n) is 24.9. The molecule has 366 valence electrons. The molecule has 0 saturated carbocycles. The summed E-state index contributed by atoms with van der Waals surface area (Å²) in [6, 6.07) is 53.4. The maximum atomic E-state index is 11.7. The number of anilines is 1. The van der Waals surface area contributed by atoms with E-state index in [9.17, 15) is 4.79 Å². The molecular formula is C60H77N3O5Si. The van der Waals surface area contributed by atoms with Crippen LogP contribution < -0.4 is 24.8 Å². The molecule has 0 spiro atoms. The predicted molar refractivity (Wildman–Crippen MR) is 287 cm³/mol. The van der Waals surface area contributed by atoms with Gasteiger partial charge >= 0.3 is 0 Å². The molecule has 0 aliphatic rings. The van der Waals surface area contributed by atoms with E-state index in [4.69, 9.17) is 18.6 Å². The van der Waals surface area contributed by atoms with Crippen LogP contribution in [0.5, 0.6) is 17.2 Å². The largest absolute Gasteiger partial charge is 0.493 e. The molecule has 6 aromatic rings. The molecular weight excluding hydrogens is 871 g/mol. The number of nitrogens with zero attached hydrogens (tertiary/aromatic N) is 1. The van der Waals surface area contributed by atoms with Crippen molar-refractivity contribution in [2.24, 2.45) is 0 Å². The van der Waals surface area contributed by atoms with Gasteiger partial charge in [-0.1, -0.05) is 142 Å². The van der Waals surface area contributed by atoms with Crippen molar-refractivity contribution in [3.8, 4) is 17.2 Å². The highest BCUT2D eigenvalue weighted by atomic mass is 28.4.